The molecule has 0 bridgehead atoms. The number of alkyl halides is 2. The van der Waals surface area contributed by atoms with Crippen LogP contribution in [-0.2, 0) is 6.61 Å². The summed E-state index contributed by atoms with van der Waals surface area (Å²) in [7, 11) is 0. The summed E-state index contributed by atoms with van der Waals surface area (Å²) >= 11 is 0. The first-order valence-corrected chi connectivity index (χ1v) is 5.13. The van der Waals surface area contributed by atoms with Gasteiger partial charge >= 0.3 is 6.61 Å². The zero-order valence-corrected chi connectivity index (χ0v) is 9.28. The minimum Gasteiger partial charge on any atom is -0.417 e. The second-order valence-corrected chi connectivity index (χ2v) is 3.58. The van der Waals surface area contributed by atoms with E-state index in [0.29, 0.717) is 0 Å². The van der Waals surface area contributed by atoms with E-state index in [1.807, 2.05) is 13.8 Å². The number of aromatic nitrogens is 1. The molecule has 0 radical (unpaired) electrons. The van der Waals surface area contributed by atoms with Gasteiger partial charge in [0.1, 0.15) is 0 Å². The average molecular weight is 231 g/mol. The van der Waals surface area contributed by atoms with Crippen LogP contribution in [0.5, 0.6) is 5.88 Å². The lowest BCUT2D eigenvalue weighted by atomic mass is 9.99. The first-order chi connectivity index (χ1) is 7.58. The van der Waals surface area contributed by atoms with Gasteiger partial charge in [-0.2, -0.15) is 8.78 Å². The topological polar surface area (TPSA) is 42.4 Å². The average Bonchev–Trinajstić information content (AvgIpc) is 2.27. The molecule has 1 rings (SSSR count). The molecule has 1 heterocycles. The highest BCUT2D eigenvalue weighted by atomic mass is 19.3. The normalized spacial score (nSPS) is 12.9. The molecule has 1 unspecified atom stereocenters. The molecule has 1 atom stereocenters. The van der Waals surface area contributed by atoms with E-state index in [2.05, 4.69) is 9.72 Å². The third-order valence-corrected chi connectivity index (χ3v) is 2.50. The Hall–Kier alpha value is -1.23. The van der Waals surface area contributed by atoms with Gasteiger partial charge in [0.2, 0.25) is 5.88 Å². The van der Waals surface area contributed by atoms with Crippen LogP contribution in [0.15, 0.2) is 12.3 Å². The van der Waals surface area contributed by atoms with E-state index in [0.717, 1.165) is 12.0 Å². The van der Waals surface area contributed by atoms with Gasteiger partial charge in [0.15, 0.2) is 0 Å². The van der Waals surface area contributed by atoms with E-state index in [1.54, 1.807) is 6.07 Å². The molecular weight excluding hydrogens is 216 g/mol. The van der Waals surface area contributed by atoms with Gasteiger partial charge in [0.05, 0.1) is 6.61 Å². The van der Waals surface area contributed by atoms with Crippen LogP contribution in [-0.4, -0.2) is 16.7 Å². The van der Waals surface area contributed by atoms with Crippen LogP contribution in [0.1, 0.15) is 37.3 Å². The summed E-state index contributed by atoms with van der Waals surface area (Å²) in [4.78, 5) is 3.80. The van der Waals surface area contributed by atoms with Gasteiger partial charge in [-0.1, -0.05) is 13.8 Å². The largest absolute Gasteiger partial charge is 0.417 e. The molecule has 1 aromatic heterocycles. The van der Waals surface area contributed by atoms with Gasteiger partial charge in [0, 0.05) is 11.8 Å². The van der Waals surface area contributed by atoms with Crippen LogP contribution in [0.3, 0.4) is 0 Å². The number of pyridine rings is 1. The van der Waals surface area contributed by atoms with Crippen molar-refractivity contribution in [2.75, 3.05) is 0 Å². The number of ether oxygens (including phenoxy) is 1. The van der Waals surface area contributed by atoms with Gasteiger partial charge in [-0.15, -0.1) is 0 Å². The Balaban J connectivity index is 2.97. The van der Waals surface area contributed by atoms with Crippen molar-refractivity contribution in [3.05, 3.63) is 23.4 Å². The maximum atomic E-state index is 12.0. The SMILES string of the molecule is CCC(C)c1cnc(OC(F)F)c(CO)c1. The summed E-state index contributed by atoms with van der Waals surface area (Å²) in [5.74, 6) is 0.0722. The standard InChI is InChI=1S/C11H15F2NO2/c1-3-7(2)8-4-9(6-15)10(14-5-8)16-11(12)13/h4-5,7,11,15H,3,6H2,1-2H3. The van der Waals surface area contributed by atoms with E-state index >= 15 is 0 Å². The first kappa shape index (κ1) is 12.8. The van der Waals surface area contributed by atoms with E-state index < -0.39 is 6.61 Å². The van der Waals surface area contributed by atoms with Crippen molar-refractivity contribution in [3.63, 3.8) is 0 Å². The van der Waals surface area contributed by atoms with Crippen molar-refractivity contribution in [2.45, 2.75) is 39.4 Å². The summed E-state index contributed by atoms with van der Waals surface area (Å²) in [6.07, 6.45) is 2.42. The molecule has 0 saturated heterocycles. The van der Waals surface area contributed by atoms with Crippen LogP contribution in [0.2, 0.25) is 0 Å². The lowest BCUT2D eigenvalue weighted by molar-refractivity contribution is -0.0540. The Morgan fingerprint density at radius 3 is 2.69 bits per heavy atom. The molecule has 0 aromatic carbocycles. The minimum atomic E-state index is -2.92. The van der Waals surface area contributed by atoms with Crippen molar-refractivity contribution >= 4 is 0 Å². The highest BCUT2D eigenvalue weighted by Crippen LogP contribution is 2.24. The van der Waals surface area contributed by atoms with Gasteiger partial charge < -0.3 is 9.84 Å². The molecular formula is C11H15F2NO2. The smallest absolute Gasteiger partial charge is 0.388 e. The minimum absolute atomic E-state index is 0.204. The third kappa shape index (κ3) is 3.13. The van der Waals surface area contributed by atoms with Crippen molar-refractivity contribution in [1.29, 1.82) is 0 Å². The second kappa shape index (κ2) is 5.75. The number of aliphatic hydroxyl groups is 1. The highest BCUT2D eigenvalue weighted by Gasteiger charge is 2.13. The maximum Gasteiger partial charge on any atom is 0.388 e. The molecule has 90 valence electrons. The number of aliphatic hydroxyl groups excluding tert-OH is 1. The highest BCUT2D eigenvalue weighted by molar-refractivity contribution is 5.31. The third-order valence-electron chi connectivity index (χ3n) is 2.50. The lowest BCUT2D eigenvalue weighted by Crippen LogP contribution is -2.07. The predicted octanol–water partition coefficient (Wildman–Crippen LogP) is 2.69. The monoisotopic (exact) mass is 231 g/mol. The van der Waals surface area contributed by atoms with Gasteiger partial charge in [-0.3, -0.25) is 0 Å². The van der Waals surface area contributed by atoms with Gasteiger partial charge in [-0.05, 0) is 24.0 Å². The maximum absolute atomic E-state index is 12.0. The van der Waals surface area contributed by atoms with Crippen molar-refractivity contribution in [3.8, 4) is 5.88 Å². The summed E-state index contributed by atoms with van der Waals surface area (Å²) in [5.41, 5.74) is 1.20. The predicted molar refractivity (Wildman–Crippen MR) is 55.5 cm³/mol. The number of rotatable bonds is 5. The summed E-state index contributed by atoms with van der Waals surface area (Å²) in [5, 5.41) is 9.05. The fourth-order valence-electron chi connectivity index (χ4n) is 1.33. The van der Waals surface area contributed by atoms with Crippen LogP contribution >= 0.6 is 0 Å². The van der Waals surface area contributed by atoms with Crippen LogP contribution in [0.25, 0.3) is 0 Å². The van der Waals surface area contributed by atoms with Crippen molar-refractivity contribution in [2.24, 2.45) is 0 Å². The quantitative estimate of drug-likeness (QED) is 0.847. The van der Waals surface area contributed by atoms with Crippen LogP contribution in [0, 0.1) is 0 Å². The zero-order chi connectivity index (χ0) is 12.1. The number of hydrogen-bond donors (Lipinski definition) is 1. The van der Waals surface area contributed by atoms with Crippen LogP contribution in [0.4, 0.5) is 8.78 Å². The molecule has 16 heavy (non-hydrogen) atoms. The fraction of sp³-hybridized carbons (Fsp3) is 0.545. The number of halogens is 2. The summed E-state index contributed by atoms with van der Waals surface area (Å²) in [6, 6.07) is 1.65. The molecule has 3 nitrogen and oxygen atoms in total. The first-order valence-electron chi connectivity index (χ1n) is 5.13. The Morgan fingerprint density at radius 2 is 2.19 bits per heavy atom. The number of nitrogens with zero attached hydrogens (tertiary/aromatic N) is 1. The van der Waals surface area contributed by atoms with Crippen LogP contribution < -0.4 is 4.74 Å². The molecule has 0 spiro atoms. The summed E-state index contributed by atoms with van der Waals surface area (Å²) < 4.78 is 28.2. The van der Waals surface area contributed by atoms with E-state index in [1.165, 1.54) is 6.20 Å². The van der Waals surface area contributed by atoms with Crippen molar-refractivity contribution in [1.82, 2.24) is 4.98 Å². The molecule has 0 aliphatic rings. The van der Waals surface area contributed by atoms with Crippen molar-refractivity contribution < 1.29 is 18.6 Å². The van der Waals surface area contributed by atoms with E-state index in [4.69, 9.17) is 5.11 Å². The van der Waals surface area contributed by atoms with E-state index in [-0.39, 0.29) is 24.0 Å². The molecule has 0 fully saturated rings. The molecule has 0 aliphatic heterocycles. The molecule has 0 amide bonds. The summed E-state index contributed by atoms with van der Waals surface area (Å²) in [6.45, 7) is 0.741. The second-order valence-electron chi connectivity index (χ2n) is 3.58. The van der Waals surface area contributed by atoms with E-state index in [9.17, 15) is 8.78 Å². The Morgan fingerprint density at radius 1 is 1.50 bits per heavy atom. The molecule has 0 saturated carbocycles. The fourth-order valence-corrected chi connectivity index (χ4v) is 1.33. The Kier molecular flexibility index (Phi) is 4.61. The number of hydrogen-bond acceptors (Lipinski definition) is 3. The molecule has 5 heteroatoms. The molecule has 0 aliphatic carbocycles. The lowest BCUT2D eigenvalue weighted by Gasteiger charge is -2.12. The Labute approximate surface area is 93.1 Å². The van der Waals surface area contributed by atoms with Gasteiger partial charge in [0.25, 0.3) is 0 Å². The van der Waals surface area contributed by atoms with Gasteiger partial charge in [-0.25, -0.2) is 4.98 Å². The molecule has 1 aromatic rings. The zero-order valence-electron chi connectivity index (χ0n) is 9.28. The Bertz CT molecular complexity index is 345. The molecule has 1 N–H and O–H groups in total.